The van der Waals surface area contributed by atoms with Crippen LogP contribution in [0.1, 0.15) is 83.3 Å². The number of benzene rings is 2. The second-order valence-corrected chi connectivity index (χ2v) is 15.3. The van der Waals surface area contributed by atoms with Crippen LogP contribution < -0.4 is 10.6 Å². The fourth-order valence-corrected chi connectivity index (χ4v) is 7.09. The lowest BCUT2D eigenvalue weighted by molar-refractivity contribution is 0.0866. The lowest BCUT2D eigenvalue weighted by Crippen LogP contribution is -2.46. The summed E-state index contributed by atoms with van der Waals surface area (Å²) in [4.78, 5) is 11.7. The molecule has 2 aromatic carbocycles. The normalized spacial score (nSPS) is 15.8. The minimum atomic E-state index is -0.316. The van der Waals surface area contributed by atoms with Gasteiger partial charge >= 0.3 is 0 Å². The van der Waals surface area contributed by atoms with Crippen LogP contribution in [-0.4, -0.2) is 55.0 Å². The number of rotatable bonds is 7. The van der Waals surface area contributed by atoms with Gasteiger partial charge in [-0.2, -0.15) is 5.26 Å². The number of hydrogen-bond donors (Lipinski definition) is 2. The second-order valence-electron chi connectivity index (χ2n) is 14.1. The Kier molecular flexibility index (Phi) is 8.46. The van der Waals surface area contributed by atoms with E-state index in [-0.39, 0.29) is 17.0 Å². The Labute approximate surface area is 273 Å². The average Bonchev–Trinajstić information content (AvgIpc) is 3.68. The van der Waals surface area contributed by atoms with Gasteiger partial charge in [-0.1, -0.05) is 49.7 Å². The minimum absolute atomic E-state index is 0.00961. The molecule has 4 heterocycles. The van der Waals surface area contributed by atoms with E-state index in [0.717, 1.165) is 64.2 Å². The van der Waals surface area contributed by atoms with Gasteiger partial charge in [-0.15, -0.1) is 16.4 Å². The molecule has 1 fully saturated rings. The van der Waals surface area contributed by atoms with Crippen molar-refractivity contribution in [3.8, 4) is 6.07 Å². The number of halogens is 1. The van der Waals surface area contributed by atoms with Gasteiger partial charge in [0.1, 0.15) is 11.8 Å². The lowest BCUT2D eigenvalue weighted by Gasteiger charge is -2.40. The van der Waals surface area contributed by atoms with Crippen molar-refractivity contribution in [3.05, 3.63) is 70.1 Å². The quantitative estimate of drug-likeness (QED) is 0.184. The standard InChI is InChI=1S/C34H40ClN9S/c1-33(2,3)19-38-29-21(16-36)17-37-30-25(29)14-22(15-26(30)35)40-31(24-8-7-9-27-32(24)45-20-39-27)28-18-44(42-41-28)23-10-12-43(13-11-23)34(4,5)6/h7-9,14-15,17-18,20,23,31,40H,10-13,19H2,1-6H3,(H,37,38). The summed E-state index contributed by atoms with van der Waals surface area (Å²) in [7, 11) is 0. The van der Waals surface area contributed by atoms with Crippen LogP contribution in [0.4, 0.5) is 11.4 Å². The zero-order valence-corrected chi connectivity index (χ0v) is 28.3. The van der Waals surface area contributed by atoms with Crippen LogP contribution in [0.2, 0.25) is 5.02 Å². The third kappa shape index (κ3) is 6.62. The van der Waals surface area contributed by atoms with Crippen molar-refractivity contribution in [2.24, 2.45) is 5.41 Å². The molecule has 1 unspecified atom stereocenters. The summed E-state index contributed by atoms with van der Waals surface area (Å²) in [6.07, 6.45) is 5.73. The Balaban J connectivity index is 1.39. The molecule has 1 aliphatic heterocycles. The Morgan fingerprint density at radius 1 is 1.11 bits per heavy atom. The molecule has 234 valence electrons. The molecular formula is C34H40ClN9S. The third-order valence-electron chi connectivity index (χ3n) is 8.46. The number of nitrogens with one attached hydrogen (secondary N) is 2. The monoisotopic (exact) mass is 641 g/mol. The highest BCUT2D eigenvalue weighted by molar-refractivity contribution is 7.17. The van der Waals surface area contributed by atoms with Crippen LogP contribution in [-0.2, 0) is 0 Å². The van der Waals surface area contributed by atoms with E-state index in [1.54, 1.807) is 17.5 Å². The van der Waals surface area contributed by atoms with Gasteiger partial charge in [0.05, 0.1) is 55.8 Å². The van der Waals surface area contributed by atoms with Crippen LogP contribution in [0.15, 0.2) is 48.2 Å². The van der Waals surface area contributed by atoms with Gasteiger partial charge < -0.3 is 10.6 Å². The number of thiazole rings is 1. The van der Waals surface area contributed by atoms with E-state index in [0.29, 0.717) is 28.7 Å². The molecule has 1 saturated heterocycles. The van der Waals surface area contributed by atoms with Crippen molar-refractivity contribution >= 4 is 55.4 Å². The largest absolute Gasteiger partial charge is 0.383 e. The van der Waals surface area contributed by atoms with Gasteiger partial charge in [0.25, 0.3) is 0 Å². The van der Waals surface area contributed by atoms with Gasteiger partial charge in [-0.3, -0.25) is 9.88 Å². The first kappa shape index (κ1) is 31.2. The van der Waals surface area contributed by atoms with Crippen LogP contribution >= 0.6 is 22.9 Å². The molecule has 5 aromatic rings. The Bertz CT molecular complexity index is 1870. The molecule has 9 nitrogen and oxygen atoms in total. The molecule has 2 N–H and O–H groups in total. The fourth-order valence-electron chi connectivity index (χ4n) is 5.99. The number of aromatic nitrogens is 5. The number of likely N-dealkylation sites (tertiary alicyclic amines) is 1. The molecule has 0 spiro atoms. The summed E-state index contributed by atoms with van der Waals surface area (Å²) < 4.78 is 3.14. The molecule has 11 heteroatoms. The highest BCUT2D eigenvalue weighted by atomic mass is 35.5. The van der Waals surface area contributed by atoms with Crippen LogP contribution in [0.25, 0.3) is 21.1 Å². The minimum Gasteiger partial charge on any atom is -0.383 e. The number of nitrogens with zero attached hydrogens (tertiary/aromatic N) is 7. The molecule has 0 radical (unpaired) electrons. The fraction of sp³-hybridized carbons (Fsp3) is 0.441. The van der Waals surface area contributed by atoms with Crippen molar-refractivity contribution in [2.45, 2.75) is 72.0 Å². The van der Waals surface area contributed by atoms with Crippen molar-refractivity contribution in [1.82, 2.24) is 29.9 Å². The van der Waals surface area contributed by atoms with E-state index >= 15 is 0 Å². The summed E-state index contributed by atoms with van der Waals surface area (Å²) in [5, 5.41) is 27.8. The molecule has 0 amide bonds. The predicted octanol–water partition coefficient (Wildman–Crippen LogP) is 8.06. The smallest absolute Gasteiger partial charge is 0.110 e. The Hall–Kier alpha value is -3.78. The lowest BCUT2D eigenvalue weighted by atomic mass is 9.96. The maximum atomic E-state index is 9.93. The highest BCUT2D eigenvalue weighted by Crippen LogP contribution is 2.38. The zero-order valence-electron chi connectivity index (χ0n) is 26.7. The Morgan fingerprint density at radius 2 is 1.89 bits per heavy atom. The van der Waals surface area contributed by atoms with E-state index in [1.165, 1.54) is 0 Å². The van der Waals surface area contributed by atoms with Gasteiger partial charge in [-0.05, 0) is 62.8 Å². The molecule has 6 rings (SSSR count). The summed E-state index contributed by atoms with van der Waals surface area (Å²) in [5.74, 6) is 0. The first-order chi connectivity index (χ1) is 21.4. The maximum absolute atomic E-state index is 9.93. The average molecular weight is 642 g/mol. The van der Waals surface area contributed by atoms with E-state index in [2.05, 4.69) is 90.6 Å². The molecule has 0 saturated carbocycles. The third-order valence-corrected chi connectivity index (χ3v) is 9.64. The molecular weight excluding hydrogens is 602 g/mol. The topological polar surface area (TPSA) is 108 Å². The summed E-state index contributed by atoms with van der Waals surface area (Å²) in [5.41, 5.74) is 7.52. The number of pyridine rings is 1. The molecule has 0 bridgehead atoms. The van der Waals surface area contributed by atoms with Gasteiger partial charge in [0.2, 0.25) is 0 Å². The van der Waals surface area contributed by atoms with Crippen molar-refractivity contribution < 1.29 is 0 Å². The van der Waals surface area contributed by atoms with Crippen LogP contribution in [0.3, 0.4) is 0 Å². The first-order valence-corrected chi connectivity index (χ1v) is 16.7. The SMILES string of the molecule is CC(C)(C)CNc1c(C#N)cnc2c(Cl)cc(NC(c3cn(C4CCN(C(C)(C)C)CC4)nn3)c3cccc4ncsc34)cc12. The highest BCUT2D eigenvalue weighted by Gasteiger charge is 2.29. The Morgan fingerprint density at radius 3 is 2.60 bits per heavy atom. The van der Waals surface area contributed by atoms with Crippen molar-refractivity contribution in [3.63, 3.8) is 0 Å². The molecule has 0 aliphatic carbocycles. The molecule has 1 aliphatic rings. The van der Waals surface area contributed by atoms with E-state index in [4.69, 9.17) is 16.7 Å². The number of hydrogen-bond acceptors (Lipinski definition) is 9. The zero-order chi connectivity index (χ0) is 31.9. The van der Waals surface area contributed by atoms with Gasteiger partial charge in [0.15, 0.2) is 0 Å². The van der Waals surface area contributed by atoms with E-state index in [1.807, 2.05) is 34.5 Å². The summed E-state index contributed by atoms with van der Waals surface area (Å²) >= 11 is 8.48. The number of fused-ring (bicyclic) bond motifs is 2. The van der Waals surface area contributed by atoms with Crippen LogP contribution in [0, 0.1) is 16.7 Å². The van der Waals surface area contributed by atoms with Gasteiger partial charge in [-0.25, -0.2) is 9.67 Å². The number of anilines is 2. The first-order valence-electron chi connectivity index (χ1n) is 15.4. The number of piperidine rings is 1. The number of nitriles is 1. The van der Waals surface area contributed by atoms with Crippen LogP contribution in [0.5, 0.6) is 0 Å². The molecule has 1 atom stereocenters. The van der Waals surface area contributed by atoms with Crippen molar-refractivity contribution in [2.75, 3.05) is 30.3 Å². The van der Waals surface area contributed by atoms with Crippen molar-refractivity contribution in [1.29, 1.82) is 5.26 Å². The molecule has 45 heavy (non-hydrogen) atoms. The van der Waals surface area contributed by atoms with E-state index < -0.39 is 0 Å². The predicted molar refractivity (Wildman–Crippen MR) is 184 cm³/mol. The summed E-state index contributed by atoms with van der Waals surface area (Å²) in [6.45, 7) is 16.0. The van der Waals surface area contributed by atoms with Gasteiger partial charge in [0, 0.05) is 42.4 Å². The second kappa shape index (κ2) is 12.2. The molecule has 3 aromatic heterocycles. The van der Waals surface area contributed by atoms with E-state index in [9.17, 15) is 5.26 Å². The maximum Gasteiger partial charge on any atom is 0.110 e. The summed E-state index contributed by atoms with van der Waals surface area (Å²) in [6, 6.07) is 12.4.